The number of hydrogen-bond acceptors (Lipinski definition) is 2. The van der Waals surface area contributed by atoms with E-state index in [1.54, 1.807) is 10.8 Å². The van der Waals surface area contributed by atoms with Crippen LogP contribution in [0.5, 0.6) is 0 Å². The lowest BCUT2D eigenvalue weighted by Crippen LogP contribution is -1.86. The van der Waals surface area contributed by atoms with E-state index in [1.807, 2.05) is 13.0 Å². The van der Waals surface area contributed by atoms with Gasteiger partial charge in [-0.05, 0) is 18.2 Å². The largest absolute Gasteiger partial charge is 0.281 e. The maximum atomic E-state index is 3.75. The van der Waals surface area contributed by atoms with Crippen molar-refractivity contribution in [2.24, 2.45) is 0 Å². The number of aromatic amines is 1. The lowest BCUT2D eigenvalue weighted by Gasteiger charge is -1.76. The van der Waals surface area contributed by atoms with Gasteiger partial charge in [-0.3, -0.25) is 5.10 Å². The molecule has 0 saturated carbocycles. The van der Waals surface area contributed by atoms with E-state index in [2.05, 4.69) is 15.4 Å². The predicted molar refractivity (Wildman–Crippen MR) is 32.1 cm³/mol. The molecule has 2 aromatic rings. The van der Waals surface area contributed by atoms with Crippen molar-refractivity contribution in [3.63, 3.8) is 0 Å². The van der Waals surface area contributed by atoms with E-state index in [4.69, 9.17) is 0 Å². The average Bonchev–Trinajstić information content (AvgIpc) is 2.22. The molecule has 2 rings (SSSR count). The number of nitrogens with zero attached hydrogens (tertiary/aromatic N) is 3. The van der Waals surface area contributed by atoms with E-state index in [0.29, 0.717) is 0 Å². The van der Waals surface area contributed by atoms with Gasteiger partial charge >= 0.3 is 0 Å². The summed E-state index contributed by atoms with van der Waals surface area (Å²) in [7, 11) is 0. The monoisotopic (exact) mass is 122 g/mol. The minimum atomic E-state index is 1.01. The normalized spacial score (nSPS) is 10.8. The molecule has 0 bridgehead atoms. The van der Waals surface area contributed by atoms with E-state index in [1.165, 1.54) is 0 Å². The third kappa shape index (κ3) is 0.526. The van der Waals surface area contributed by atoms with Crippen molar-refractivity contribution in [1.82, 2.24) is 20.0 Å². The molecule has 0 unspecified atom stereocenters. The number of nitrogens with one attached hydrogen (secondary N) is 1. The maximum absolute atomic E-state index is 3.75. The first-order valence-electron chi connectivity index (χ1n) is 2.72. The highest BCUT2D eigenvalue weighted by Crippen LogP contribution is 1.99. The summed E-state index contributed by atoms with van der Waals surface area (Å²) in [6.45, 7) is 1.98. The van der Waals surface area contributed by atoms with Crippen molar-refractivity contribution in [2.45, 2.75) is 6.92 Å². The van der Waals surface area contributed by atoms with Crippen LogP contribution >= 0.6 is 0 Å². The summed E-state index contributed by atoms with van der Waals surface area (Å²) >= 11 is 0. The SMILES string of the molecule is Cc1cc2cnnn2[nH]1. The molecule has 0 spiro atoms. The molecule has 0 aliphatic rings. The van der Waals surface area contributed by atoms with Crippen molar-refractivity contribution in [1.29, 1.82) is 0 Å². The Labute approximate surface area is 51.5 Å². The molecule has 0 aliphatic carbocycles. The number of aryl methyl sites for hydroxylation is 1. The molecule has 0 aliphatic heterocycles. The molecule has 4 nitrogen and oxygen atoms in total. The van der Waals surface area contributed by atoms with E-state index in [0.717, 1.165) is 11.2 Å². The Bertz CT molecular complexity index is 290. The molecular formula is C5H6N4. The van der Waals surface area contributed by atoms with Crippen molar-refractivity contribution in [2.75, 3.05) is 0 Å². The molecule has 0 saturated heterocycles. The predicted octanol–water partition coefficient (Wildman–Crippen LogP) is 0.366. The minimum absolute atomic E-state index is 1.01. The standard InChI is InChI=1S/C5H6N4/c1-4-2-5-3-6-8-9(5)7-4/h2-3,7H,1H3. The summed E-state index contributed by atoms with van der Waals surface area (Å²) in [5.41, 5.74) is 2.10. The van der Waals surface area contributed by atoms with Crippen molar-refractivity contribution < 1.29 is 0 Å². The first-order chi connectivity index (χ1) is 4.36. The van der Waals surface area contributed by atoms with E-state index in [9.17, 15) is 0 Å². The summed E-state index contributed by atoms with van der Waals surface area (Å²) in [6.07, 6.45) is 1.71. The van der Waals surface area contributed by atoms with Crippen LogP contribution in [-0.4, -0.2) is 20.0 Å². The fourth-order valence-electron chi connectivity index (χ4n) is 0.849. The van der Waals surface area contributed by atoms with Crippen LogP contribution in [0.1, 0.15) is 5.69 Å². The van der Waals surface area contributed by atoms with Crippen LogP contribution in [0, 0.1) is 6.92 Å². The van der Waals surface area contributed by atoms with Gasteiger partial charge in [-0.1, -0.05) is 0 Å². The number of H-pyrrole nitrogens is 1. The third-order valence-electron chi connectivity index (χ3n) is 1.22. The molecule has 0 amide bonds. The van der Waals surface area contributed by atoms with Gasteiger partial charge in [0.2, 0.25) is 0 Å². The van der Waals surface area contributed by atoms with Crippen molar-refractivity contribution >= 4 is 5.52 Å². The van der Waals surface area contributed by atoms with E-state index in [-0.39, 0.29) is 0 Å². The van der Waals surface area contributed by atoms with Gasteiger partial charge in [-0.15, -0.1) is 5.10 Å². The second kappa shape index (κ2) is 1.34. The quantitative estimate of drug-likeness (QED) is 0.548. The zero-order chi connectivity index (χ0) is 6.27. The topological polar surface area (TPSA) is 46.0 Å². The number of hydrogen-bond donors (Lipinski definition) is 1. The Kier molecular flexibility index (Phi) is 0.677. The molecule has 1 N–H and O–H groups in total. The highest BCUT2D eigenvalue weighted by molar-refractivity contribution is 5.43. The minimum Gasteiger partial charge on any atom is -0.281 e. The van der Waals surface area contributed by atoms with Gasteiger partial charge in [-0.2, -0.15) is 4.63 Å². The first-order valence-corrected chi connectivity index (χ1v) is 2.72. The Morgan fingerprint density at radius 2 is 2.56 bits per heavy atom. The van der Waals surface area contributed by atoms with Gasteiger partial charge < -0.3 is 0 Å². The lowest BCUT2D eigenvalue weighted by molar-refractivity contribution is 0.747. The molecule has 2 aromatic heterocycles. The Morgan fingerprint density at radius 3 is 3.33 bits per heavy atom. The molecule has 4 heteroatoms. The third-order valence-corrected chi connectivity index (χ3v) is 1.22. The van der Waals surface area contributed by atoms with Crippen LogP contribution < -0.4 is 0 Å². The lowest BCUT2D eigenvalue weighted by atomic mass is 10.4. The Hall–Kier alpha value is -1.32. The molecule has 0 fully saturated rings. The second-order valence-electron chi connectivity index (χ2n) is 2.01. The molecule has 0 radical (unpaired) electrons. The smallest absolute Gasteiger partial charge is 0.107 e. The molecule has 2 heterocycles. The van der Waals surface area contributed by atoms with Gasteiger partial charge in [0.15, 0.2) is 0 Å². The summed E-state index contributed by atoms with van der Waals surface area (Å²) < 4.78 is 1.63. The highest BCUT2D eigenvalue weighted by atomic mass is 15.5. The highest BCUT2D eigenvalue weighted by Gasteiger charge is 1.94. The fraction of sp³-hybridized carbons (Fsp3) is 0.200. The van der Waals surface area contributed by atoms with Crippen LogP contribution in [0.2, 0.25) is 0 Å². The molecular weight excluding hydrogens is 116 g/mol. The molecule has 9 heavy (non-hydrogen) atoms. The summed E-state index contributed by atoms with van der Waals surface area (Å²) in [5.74, 6) is 0. The van der Waals surface area contributed by atoms with Gasteiger partial charge in [-0.25, -0.2) is 0 Å². The number of fused-ring (bicyclic) bond motifs is 1. The van der Waals surface area contributed by atoms with Gasteiger partial charge in [0.05, 0.1) is 6.20 Å². The van der Waals surface area contributed by atoms with Gasteiger partial charge in [0.25, 0.3) is 0 Å². The molecule has 0 atom stereocenters. The summed E-state index contributed by atoms with van der Waals surface area (Å²) in [5, 5.41) is 10.4. The zero-order valence-corrected chi connectivity index (χ0v) is 5.00. The van der Waals surface area contributed by atoms with Crippen LogP contribution in [-0.2, 0) is 0 Å². The van der Waals surface area contributed by atoms with Gasteiger partial charge in [0.1, 0.15) is 5.52 Å². The summed E-state index contributed by atoms with van der Waals surface area (Å²) in [6, 6.07) is 1.99. The average molecular weight is 122 g/mol. The maximum Gasteiger partial charge on any atom is 0.107 e. The molecule has 0 aromatic carbocycles. The van der Waals surface area contributed by atoms with Crippen LogP contribution in [0.25, 0.3) is 5.52 Å². The number of aromatic nitrogens is 4. The zero-order valence-electron chi connectivity index (χ0n) is 5.00. The Balaban J connectivity index is 2.92. The second-order valence-corrected chi connectivity index (χ2v) is 2.01. The van der Waals surface area contributed by atoms with Crippen molar-refractivity contribution in [3.8, 4) is 0 Å². The molecule has 46 valence electrons. The van der Waals surface area contributed by atoms with E-state index >= 15 is 0 Å². The number of rotatable bonds is 0. The van der Waals surface area contributed by atoms with Crippen LogP contribution in [0.3, 0.4) is 0 Å². The van der Waals surface area contributed by atoms with Crippen LogP contribution in [0.15, 0.2) is 12.3 Å². The Morgan fingerprint density at radius 1 is 1.67 bits per heavy atom. The van der Waals surface area contributed by atoms with E-state index < -0.39 is 0 Å². The van der Waals surface area contributed by atoms with Crippen molar-refractivity contribution in [3.05, 3.63) is 18.0 Å². The summed E-state index contributed by atoms with van der Waals surface area (Å²) in [4.78, 5) is 0. The van der Waals surface area contributed by atoms with Crippen LogP contribution in [0.4, 0.5) is 0 Å². The first kappa shape index (κ1) is 4.55. The van der Waals surface area contributed by atoms with Gasteiger partial charge in [0, 0.05) is 5.69 Å². The fourth-order valence-corrected chi connectivity index (χ4v) is 0.849.